The molecule has 0 saturated carbocycles. The van der Waals surface area contributed by atoms with E-state index in [1.54, 1.807) is 29.2 Å². The Hall–Kier alpha value is -3.56. The summed E-state index contributed by atoms with van der Waals surface area (Å²) in [5, 5.41) is 13.7. The number of aryl methyl sites for hydroxylation is 1. The van der Waals surface area contributed by atoms with Crippen molar-refractivity contribution in [2.24, 2.45) is 5.73 Å². The number of allylic oxidation sites excluding steroid dienone is 1. The number of rotatable bonds is 1. The third-order valence-corrected chi connectivity index (χ3v) is 6.52. The first-order valence-corrected chi connectivity index (χ1v) is 10.4. The molecule has 0 saturated heterocycles. The van der Waals surface area contributed by atoms with Gasteiger partial charge in [0.1, 0.15) is 17.3 Å². The van der Waals surface area contributed by atoms with Gasteiger partial charge in [0, 0.05) is 39.7 Å². The monoisotopic (exact) mass is 430 g/mol. The van der Waals surface area contributed by atoms with E-state index >= 15 is 0 Å². The minimum atomic E-state index is -1.53. The third kappa shape index (κ3) is 2.50. The Bertz CT molecular complexity index is 1270. The number of benzene rings is 2. The SMILES string of the molecule is Cc1ccc2c(c1)[C@@]1(C(=O)N2)C(C#N)=C(N)N(c2ccc(Cl)cc2)C2=C1C(=O)CCC2. The highest BCUT2D eigenvalue weighted by Crippen LogP contribution is 2.55. The Morgan fingerprint density at radius 3 is 2.61 bits per heavy atom. The van der Waals surface area contributed by atoms with Crippen molar-refractivity contribution in [3.05, 3.63) is 81.3 Å². The normalized spacial score (nSPS) is 22.4. The molecule has 1 amide bonds. The zero-order valence-corrected chi connectivity index (χ0v) is 17.6. The number of Topliss-reactive ketones (excluding diaryl/α,β-unsaturated/α-hetero) is 1. The number of anilines is 2. The molecule has 0 radical (unpaired) electrons. The second-order valence-electron chi connectivity index (χ2n) is 8.04. The van der Waals surface area contributed by atoms with Gasteiger partial charge in [-0.15, -0.1) is 0 Å². The second kappa shape index (κ2) is 6.73. The number of nitrogens with two attached hydrogens (primary N) is 1. The molecule has 0 fully saturated rings. The summed E-state index contributed by atoms with van der Waals surface area (Å²) in [6.07, 6.45) is 1.54. The first-order valence-electron chi connectivity index (χ1n) is 10.0. The molecule has 0 bridgehead atoms. The van der Waals surface area contributed by atoms with Crippen molar-refractivity contribution in [2.45, 2.75) is 31.6 Å². The van der Waals surface area contributed by atoms with E-state index in [-0.39, 0.29) is 17.2 Å². The minimum Gasteiger partial charge on any atom is -0.384 e. The first kappa shape index (κ1) is 19.4. The van der Waals surface area contributed by atoms with Crippen LogP contribution in [0.4, 0.5) is 11.4 Å². The van der Waals surface area contributed by atoms with Gasteiger partial charge in [-0.3, -0.25) is 14.5 Å². The van der Waals surface area contributed by atoms with Crippen molar-refractivity contribution >= 4 is 34.7 Å². The number of amides is 1. The van der Waals surface area contributed by atoms with Gasteiger partial charge < -0.3 is 11.1 Å². The average Bonchev–Trinajstić information content (AvgIpc) is 3.02. The predicted octanol–water partition coefficient (Wildman–Crippen LogP) is 4.06. The van der Waals surface area contributed by atoms with Gasteiger partial charge in [-0.25, -0.2) is 0 Å². The smallest absolute Gasteiger partial charge is 0.245 e. The molecule has 1 spiro atoms. The van der Waals surface area contributed by atoms with Crippen molar-refractivity contribution < 1.29 is 9.59 Å². The molecule has 1 atom stereocenters. The van der Waals surface area contributed by atoms with Gasteiger partial charge in [0.05, 0.1) is 5.57 Å². The van der Waals surface area contributed by atoms with Crippen LogP contribution in [0, 0.1) is 18.3 Å². The Kier molecular flexibility index (Phi) is 4.21. The second-order valence-corrected chi connectivity index (χ2v) is 8.47. The van der Waals surface area contributed by atoms with Gasteiger partial charge in [-0.1, -0.05) is 29.3 Å². The van der Waals surface area contributed by atoms with Gasteiger partial charge in [-0.2, -0.15) is 5.26 Å². The fourth-order valence-corrected chi connectivity index (χ4v) is 5.12. The fraction of sp³-hybridized carbons (Fsp3) is 0.208. The van der Waals surface area contributed by atoms with Crippen LogP contribution in [0.5, 0.6) is 0 Å². The van der Waals surface area contributed by atoms with Gasteiger partial charge in [0.2, 0.25) is 5.91 Å². The molecule has 1 aliphatic carbocycles. The van der Waals surface area contributed by atoms with Crippen LogP contribution in [-0.2, 0) is 15.0 Å². The number of ketones is 1. The van der Waals surface area contributed by atoms with Crippen LogP contribution >= 0.6 is 11.6 Å². The number of nitrogens with one attached hydrogen (secondary N) is 1. The van der Waals surface area contributed by atoms with Crippen LogP contribution in [0.1, 0.15) is 30.4 Å². The van der Waals surface area contributed by atoms with Crippen LogP contribution in [0.3, 0.4) is 0 Å². The zero-order valence-electron chi connectivity index (χ0n) is 16.8. The summed E-state index contributed by atoms with van der Waals surface area (Å²) in [4.78, 5) is 28.6. The number of hydrogen-bond donors (Lipinski definition) is 2. The summed E-state index contributed by atoms with van der Waals surface area (Å²) in [5.74, 6) is -0.390. The largest absolute Gasteiger partial charge is 0.384 e. The number of nitrogens with zero attached hydrogens (tertiary/aromatic N) is 2. The maximum atomic E-state index is 13.5. The topological polar surface area (TPSA) is 99.2 Å². The lowest BCUT2D eigenvalue weighted by molar-refractivity contribution is -0.122. The van der Waals surface area contributed by atoms with Crippen molar-refractivity contribution in [1.29, 1.82) is 5.26 Å². The number of carbonyl (C=O) groups is 2. The molecular weight excluding hydrogens is 412 g/mol. The predicted molar refractivity (Wildman–Crippen MR) is 118 cm³/mol. The van der Waals surface area contributed by atoms with E-state index in [0.29, 0.717) is 52.5 Å². The molecule has 7 heteroatoms. The first-order chi connectivity index (χ1) is 14.9. The third-order valence-electron chi connectivity index (χ3n) is 6.27. The van der Waals surface area contributed by atoms with Crippen LogP contribution in [0.25, 0.3) is 0 Å². The number of nitriles is 1. The lowest BCUT2D eigenvalue weighted by Crippen LogP contribution is -2.50. The molecule has 31 heavy (non-hydrogen) atoms. The Labute approximate surface area is 184 Å². The van der Waals surface area contributed by atoms with Crippen LogP contribution in [-0.4, -0.2) is 11.7 Å². The fourth-order valence-electron chi connectivity index (χ4n) is 4.99. The molecule has 0 unspecified atom stereocenters. The summed E-state index contributed by atoms with van der Waals surface area (Å²) >= 11 is 6.06. The molecule has 0 aromatic heterocycles. The van der Waals surface area contributed by atoms with Crippen molar-refractivity contribution in [2.75, 3.05) is 10.2 Å². The number of hydrogen-bond acceptors (Lipinski definition) is 5. The molecule has 2 aliphatic heterocycles. The lowest BCUT2D eigenvalue weighted by atomic mass is 9.63. The van der Waals surface area contributed by atoms with E-state index in [1.165, 1.54) is 0 Å². The van der Waals surface area contributed by atoms with E-state index in [0.717, 1.165) is 5.56 Å². The van der Waals surface area contributed by atoms with Crippen molar-refractivity contribution in [1.82, 2.24) is 0 Å². The van der Waals surface area contributed by atoms with E-state index in [1.807, 2.05) is 25.1 Å². The van der Waals surface area contributed by atoms with Crippen molar-refractivity contribution in [3.63, 3.8) is 0 Å². The van der Waals surface area contributed by atoms with Gasteiger partial charge in [0.15, 0.2) is 5.78 Å². The zero-order chi connectivity index (χ0) is 21.9. The van der Waals surface area contributed by atoms with Crippen molar-refractivity contribution in [3.8, 4) is 6.07 Å². The van der Waals surface area contributed by atoms with E-state index < -0.39 is 11.3 Å². The molecule has 2 aromatic rings. The average molecular weight is 431 g/mol. The van der Waals surface area contributed by atoms with E-state index in [4.69, 9.17) is 17.3 Å². The summed E-state index contributed by atoms with van der Waals surface area (Å²) in [5.41, 5.74) is 8.97. The van der Waals surface area contributed by atoms with Crippen LogP contribution in [0.15, 0.2) is 65.1 Å². The summed E-state index contributed by atoms with van der Waals surface area (Å²) in [6.45, 7) is 1.91. The molecule has 2 aromatic carbocycles. The quantitative estimate of drug-likeness (QED) is 0.710. The van der Waals surface area contributed by atoms with Gasteiger partial charge in [0.25, 0.3) is 0 Å². The molecule has 2 heterocycles. The molecule has 5 rings (SSSR count). The van der Waals surface area contributed by atoms with E-state index in [9.17, 15) is 14.9 Å². The minimum absolute atomic E-state index is 0.0679. The number of halogens is 1. The van der Waals surface area contributed by atoms with E-state index in [2.05, 4.69) is 11.4 Å². The highest BCUT2D eigenvalue weighted by Gasteiger charge is 2.60. The van der Waals surface area contributed by atoms with Crippen LogP contribution in [0.2, 0.25) is 5.02 Å². The summed E-state index contributed by atoms with van der Waals surface area (Å²) < 4.78 is 0. The number of carbonyl (C=O) groups excluding carboxylic acids is 2. The summed E-state index contributed by atoms with van der Waals surface area (Å²) in [6, 6.07) is 14.8. The Morgan fingerprint density at radius 2 is 1.90 bits per heavy atom. The summed E-state index contributed by atoms with van der Waals surface area (Å²) in [7, 11) is 0. The highest BCUT2D eigenvalue weighted by molar-refractivity contribution is 6.30. The maximum Gasteiger partial charge on any atom is 0.245 e. The van der Waals surface area contributed by atoms with Gasteiger partial charge >= 0.3 is 0 Å². The molecule has 3 aliphatic rings. The molecule has 3 N–H and O–H groups in total. The molecular formula is C24H19ClN4O2. The van der Waals surface area contributed by atoms with Crippen LogP contribution < -0.4 is 16.0 Å². The highest BCUT2D eigenvalue weighted by atomic mass is 35.5. The van der Waals surface area contributed by atoms with Gasteiger partial charge in [-0.05, 0) is 50.1 Å². The Balaban J connectivity index is 1.88. The lowest BCUT2D eigenvalue weighted by Gasteiger charge is -2.43. The standard InChI is InChI=1S/C24H19ClN4O2/c1-13-5-10-18-16(11-13)24(23(31)28-18)17(12-26)22(27)29(15-8-6-14(25)7-9-15)19-3-2-4-20(30)21(19)24/h5-11H,2-4,27H2,1H3,(H,28,31)/t24-/m1/s1. The Morgan fingerprint density at radius 1 is 1.16 bits per heavy atom. The number of fused-ring (bicyclic) bond motifs is 3. The molecule has 154 valence electrons. The molecule has 6 nitrogen and oxygen atoms in total. The maximum absolute atomic E-state index is 13.5.